The first-order valence-corrected chi connectivity index (χ1v) is 12.6. The molecule has 0 aliphatic carbocycles. The summed E-state index contributed by atoms with van der Waals surface area (Å²) < 4.78 is 42.1. The fourth-order valence-corrected chi connectivity index (χ4v) is 4.88. The van der Waals surface area contributed by atoms with Crippen molar-refractivity contribution in [3.63, 3.8) is 0 Å². The van der Waals surface area contributed by atoms with Crippen LogP contribution in [0.3, 0.4) is 0 Å². The van der Waals surface area contributed by atoms with Gasteiger partial charge in [0.1, 0.15) is 0 Å². The van der Waals surface area contributed by atoms with Crippen LogP contribution in [0.2, 0.25) is 0 Å². The molecular formula is C21H32BrNO6S. The summed E-state index contributed by atoms with van der Waals surface area (Å²) in [6, 6.07) is 5.75. The minimum absolute atomic E-state index is 0.0725. The van der Waals surface area contributed by atoms with Gasteiger partial charge in [-0.2, -0.15) is 8.42 Å². The Hall–Kier alpha value is -1.16. The Kier molecular flexibility index (Phi) is 10.1. The van der Waals surface area contributed by atoms with Gasteiger partial charge in [-0.25, -0.2) is 4.79 Å². The fourth-order valence-electron chi connectivity index (χ4n) is 3.66. The molecule has 9 heteroatoms. The van der Waals surface area contributed by atoms with E-state index in [4.69, 9.17) is 13.7 Å². The zero-order chi connectivity index (χ0) is 22.1. The van der Waals surface area contributed by atoms with E-state index in [-0.39, 0.29) is 23.7 Å². The van der Waals surface area contributed by atoms with Crippen molar-refractivity contribution in [3.8, 4) is 0 Å². The van der Waals surface area contributed by atoms with E-state index >= 15 is 0 Å². The molecule has 1 heterocycles. The maximum atomic E-state index is 12.5. The highest BCUT2D eigenvalue weighted by molar-refractivity contribution is 9.10. The minimum atomic E-state index is -3.93. The van der Waals surface area contributed by atoms with E-state index < -0.39 is 22.3 Å². The van der Waals surface area contributed by atoms with Gasteiger partial charge in [0.25, 0.3) is 10.1 Å². The highest BCUT2D eigenvalue weighted by Crippen LogP contribution is 2.28. The second-order valence-electron chi connectivity index (χ2n) is 7.85. The monoisotopic (exact) mass is 505 g/mol. The summed E-state index contributed by atoms with van der Waals surface area (Å²) in [6.45, 7) is 6.25. The highest BCUT2D eigenvalue weighted by Gasteiger charge is 2.29. The molecule has 0 radical (unpaired) electrons. The van der Waals surface area contributed by atoms with Gasteiger partial charge in [0, 0.05) is 4.47 Å². The first-order valence-electron chi connectivity index (χ1n) is 10.4. The summed E-state index contributed by atoms with van der Waals surface area (Å²) in [6.07, 6.45) is 3.71. The first-order chi connectivity index (χ1) is 14.2. The Bertz CT molecular complexity index is 760. The normalized spacial score (nSPS) is 23.0. The Morgan fingerprint density at radius 2 is 1.87 bits per heavy atom. The molecule has 1 aromatic carbocycles. The molecule has 0 bridgehead atoms. The van der Waals surface area contributed by atoms with Crippen molar-refractivity contribution in [1.29, 1.82) is 0 Å². The molecule has 0 spiro atoms. The van der Waals surface area contributed by atoms with E-state index in [1.54, 1.807) is 12.1 Å². The van der Waals surface area contributed by atoms with E-state index in [0.717, 1.165) is 30.2 Å². The smallest absolute Gasteiger partial charge is 0.407 e. The fraction of sp³-hybridized carbons (Fsp3) is 0.667. The van der Waals surface area contributed by atoms with Crippen molar-refractivity contribution in [1.82, 2.24) is 5.32 Å². The summed E-state index contributed by atoms with van der Waals surface area (Å²) in [4.78, 5) is 12.2. The number of hydrogen-bond donors (Lipinski definition) is 1. The van der Waals surface area contributed by atoms with Crippen LogP contribution in [0.25, 0.3) is 0 Å². The van der Waals surface area contributed by atoms with Gasteiger partial charge in [0.15, 0.2) is 0 Å². The van der Waals surface area contributed by atoms with Crippen molar-refractivity contribution >= 4 is 32.1 Å². The Labute approximate surface area is 188 Å². The quantitative estimate of drug-likeness (QED) is 0.367. The Morgan fingerprint density at radius 1 is 1.23 bits per heavy atom. The Balaban J connectivity index is 2.02. The van der Waals surface area contributed by atoms with Crippen LogP contribution in [0.4, 0.5) is 4.79 Å². The van der Waals surface area contributed by atoms with Crippen molar-refractivity contribution in [2.24, 2.45) is 5.92 Å². The van der Waals surface area contributed by atoms with Crippen LogP contribution in [-0.2, 0) is 23.8 Å². The zero-order valence-electron chi connectivity index (χ0n) is 17.8. The van der Waals surface area contributed by atoms with Crippen molar-refractivity contribution in [3.05, 3.63) is 28.7 Å². The third-order valence-corrected chi connectivity index (χ3v) is 6.82. The number of rotatable bonds is 10. The van der Waals surface area contributed by atoms with Crippen LogP contribution in [0.5, 0.6) is 0 Å². The average molecular weight is 506 g/mol. The third-order valence-electron chi connectivity index (χ3n) is 4.99. The molecule has 4 atom stereocenters. The highest BCUT2D eigenvalue weighted by atomic mass is 79.9. The van der Waals surface area contributed by atoms with Gasteiger partial charge in [-0.15, -0.1) is 0 Å². The van der Waals surface area contributed by atoms with Gasteiger partial charge in [-0.3, -0.25) is 4.18 Å². The predicted molar refractivity (Wildman–Crippen MR) is 118 cm³/mol. The van der Waals surface area contributed by atoms with Gasteiger partial charge < -0.3 is 14.8 Å². The van der Waals surface area contributed by atoms with Crippen LogP contribution >= 0.6 is 15.9 Å². The lowest BCUT2D eigenvalue weighted by Gasteiger charge is -2.34. The van der Waals surface area contributed by atoms with Gasteiger partial charge in [0.2, 0.25) is 0 Å². The number of nitrogens with one attached hydrogen (secondary N) is 1. The number of unbranched alkanes of at least 4 members (excludes halogenated alkanes) is 1. The number of carbonyl (C=O) groups is 1. The van der Waals surface area contributed by atoms with Crippen molar-refractivity contribution < 1.29 is 26.9 Å². The molecule has 1 amide bonds. The van der Waals surface area contributed by atoms with E-state index in [2.05, 4.69) is 21.2 Å². The second-order valence-corrected chi connectivity index (χ2v) is 10.4. The molecule has 30 heavy (non-hydrogen) atoms. The van der Waals surface area contributed by atoms with Gasteiger partial charge in [0.05, 0.1) is 36.4 Å². The lowest BCUT2D eigenvalue weighted by molar-refractivity contribution is -0.0554. The molecule has 7 nitrogen and oxygen atoms in total. The van der Waals surface area contributed by atoms with Gasteiger partial charge >= 0.3 is 6.09 Å². The number of ether oxygens (including phenoxy) is 2. The van der Waals surface area contributed by atoms with Crippen LogP contribution in [0.15, 0.2) is 33.6 Å². The first kappa shape index (κ1) is 25.1. The molecule has 1 aliphatic rings. The lowest BCUT2D eigenvalue weighted by Crippen LogP contribution is -2.42. The molecule has 2 rings (SSSR count). The van der Waals surface area contributed by atoms with Crippen LogP contribution in [0, 0.1) is 5.92 Å². The standard InChI is InChI=1S/C21H32BrNO6S/c1-4-5-10-27-21(24)23-19(13-17-11-15(2)29-16(3)12-17)14-28-30(25,26)20-8-6-18(22)7-9-20/h6-9,15-17,19H,4-5,10-14H2,1-3H3,(H,23,24)/t15-,16+,17+,19-/m0/s1. The third kappa shape index (κ3) is 8.53. The van der Waals surface area contributed by atoms with Crippen LogP contribution in [0.1, 0.15) is 52.9 Å². The summed E-state index contributed by atoms with van der Waals surface area (Å²) in [5.74, 6) is 0.295. The average Bonchev–Trinajstić information content (AvgIpc) is 2.66. The topological polar surface area (TPSA) is 90.9 Å². The van der Waals surface area contributed by atoms with Crippen LogP contribution < -0.4 is 5.32 Å². The second kappa shape index (κ2) is 12.0. The summed E-state index contributed by atoms with van der Waals surface area (Å²) in [5, 5.41) is 2.79. The predicted octanol–water partition coefficient (Wildman–Crippen LogP) is 4.64. The van der Waals surface area contributed by atoms with Crippen molar-refractivity contribution in [2.45, 2.75) is 76.0 Å². The maximum absolute atomic E-state index is 12.5. The minimum Gasteiger partial charge on any atom is -0.450 e. The summed E-state index contributed by atoms with van der Waals surface area (Å²) >= 11 is 3.28. The lowest BCUT2D eigenvalue weighted by atomic mass is 9.87. The largest absolute Gasteiger partial charge is 0.450 e. The molecule has 1 aliphatic heterocycles. The zero-order valence-corrected chi connectivity index (χ0v) is 20.2. The maximum Gasteiger partial charge on any atom is 0.407 e. The molecular weight excluding hydrogens is 474 g/mol. The number of hydrogen-bond acceptors (Lipinski definition) is 6. The molecule has 0 saturated carbocycles. The molecule has 170 valence electrons. The molecule has 0 unspecified atom stereocenters. The van der Waals surface area contributed by atoms with E-state index in [1.807, 2.05) is 20.8 Å². The number of amides is 1. The van der Waals surface area contributed by atoms with E-state index in [1.165, 1.54) is 12.1 Å². The molecule has 1 aromatic rings. The molecule has 1 N–H and O–H groups in total. The Morgan fingerprint density at radius 3 is 2.47 bits per heavy atom. The SMILES string of the molecule is CCCCOC(=O)N[C@H](COS(=O)(=O)c1ccc(Br)cc1)C[C@H]1C[C@@H](C)O[C@@H](C)C1. The van der Waals surface area contributed by atoms with E-state index in [9.17, 15) is 13.2 Å². The van der Waals surface area contributed by atoms with Crippen LogP contribution in [-0.4, -0.2) is 46.0 Å². The van der Waals surface area contributed by atoms with Crippen molar-refractivity contribution in [2.75, 3.05) is 13.2 Å². The number of alkyl carbamates (subject to hydrolysis) is 1. The summed E-state index contributed by atoms with van der Waals surface area (Å²) in [7, 11) is -3.93. The number of carbonyl (C=O) groups excluding carboxylic acids is 1. The molecule has 1 fully saturated rings. The summed E-state index contributed by atoms with van der Waals surface area (Å²) in [5.41, 5.74) is 0. The molecule has 0 aromatic heterocycles. The molecule has 1 saturated heterocycles. The number of halogens is 1. The van der Waals surface area contributed by atoms with Gasteiger partial charge in [-0.05, 0) is 69.7 Å². The van der Waals surface area contributed by atoms with E-state index in [0.29, 0.717) is 18.9 Å². The number of benzene rings is 1. The van der Waals surface area contributed by atoms with Gasteiger partial charge in [-0.1, -0.05) is 29.3 Å².